The predicted molar refractivity (Wildman–Crippen MR) is 104 cm³/mol. The van der Waals surface area contributed by atoms with Crippen molar-refractivity contribution in [3.63, 3.8) is 0 Å². The van der Waals surface area contributed by atoms with Gasteiger partial charge in [-0.2, -0.15) is 4.98 Å². The summed E-state index contributed by atoms with van der Waals surface area (Å²) in [5, 5.41) is 1.15. The van der Waals surface area contributed by atoms with E-state index in [1.807, 2.05) is 66.7 Å². The molecule has 0 saturated heterocycles. The van der Waals surface area contributed by atoms with Gasteiger partial charge in [0.1, 0.15) is 5.82 Å². The molecule has 3 aromatic carbocycles. The number of benzene rings is 3. The Hall–Kier alpha value is -3.11. The van der Waals surface area contributed by atoms with Gasteiger partial charge >= 0.3 is 0 Å². The monoisotopic (exact) mass is 346 g/mol. The van der Waals surface area contributed by atoms with Crippen LogP contribution in [0.25, 0.3) is 33.2 Å². The van der Waals surface area contributed by atoms with Crippen LogP contribution in [-0.4, -0.2) is 9.97 Å². The van der Waals surface area contributed by atoms with E-state index in [4.69, 9.17) is 23.1 Å². The standard InChI is InChI=1S/C20H15ClN4/c21-17-14(12-7-3-1-4-8-12)11-15(13-9-5-2-6-10-13)18-16(17)19(22)25-20(23)24-18/h1-11H,(H4,22,23,24,25). The van der Waals surface area contributed by atoms with Crippen molar-refractivity contribution >= 4 is 34.3 Å². The van der Waals surface area contributed by atoms with Gasteiger partial charge in [0.05, 0.1) is 15.9 Å². The van der Waals surface area contributed by atoms with E-state index in [1.54, 1.807) is 0 Å². The quantitative estimate of drug-likeness (QED) is 0.547. The maximum atomic E-state index is 6.69. The van der Waals surface area contributed by atoms with Crippen LogP contribution in [0.1, 0.15) is 0 Å². The van der Waals surface area contributed by atoms with Gasteiger partial charge in [0.25, 0.3) is 0 Å². The van der Waals surface area contributed by atoms with Crippen LogP contribution in [0.3, 0.4) is 0 Å². The fourth-order valence-electron chi connectivity index (χ4n) is 2.98. The lowest BCUT2D eigenvalue weighted by Gasteiger charge is -2.14. The SMILES string of the molecule is Nc1nc(N)c2c(Cl)c(-c3ccccc3)cc(-c3ccccc3)c2n1. The minimum Gasteiger partial charge on any atom is -0.383 e. The highest BCUT2D eigenvalue weighted by Crippen LogP contribution is 2.41. The molecule has 0 aliphatic heterocycles. The molecule has 5 heteroatoms. The molecule has 0 spiro atoms. The summed E-state index contributed by atoms with van der Waals surface area (Å²) >= 11 is 6.69. The van der Waals surface area contributed by atoms with Crippen molar-refractivity contribution in [2.45, 2.75) is 0 Å². The van der Waals surface area contributed by atoms with Crippen LogP contribution >= 0.6 is 11.6 Å². The molecule has 1 heterocycles. The van der Waals surface area contributed by atoms with Gasteiger partial charge in [-0.05, 0) is 17.2 Å². The summed E-state index contributed by atoms with van der Waals surface area (Å²) in [6.07, 6.45) is 0. The second-order valence-corrected chi connectivity index (χ2v) is 6.09. The zero-order valence-corrected chi connectivity index (χ0v) is 14.0. The molecule has 0 aliphatic carbocycles. The molecule has 1 aromatic heterocycles. The van der Waals surface area contributed by atoms with E-state index in [1.165, 1.54) is 0 Å². The third-order valence-corrected chi connectivity index (χ3v) is 4.52. The first-order chi connectivity index (χ1) is 12.1. The van der Waals surface area contributed by atoms with Crippen LogP contribution in [-0.2, 0) is 0 Å². The Balaban J connectivity index is 2.14. The first kappa shape index (κ1) is 15.4. The number of nitrogens with zero attached hydrogens (tertiary/aromatic N) is 2. The molecule has 0 fully saturated rings. The molecule has 0 amide bonds. The Morgan fingerprint density at radius 3 is 1.88 bits per heavy atom. The molecule has 25 heavy (non-hydrogen) atoms. The molecule has 0 saturated carbocycles. The van der Waals surface area contributed by atoms with Crippen molar-refractivity contribution < 1.29 is 0 Å². The highest BCUT2D eigenvalue weighted by molar-refractivity contribution is 6.39. The van der Waals surface area contributed by atoms with Gasteiger partial charge in [0.15, 0.2) is 0 Å². The molecular formula is C20H15ClN4. The number of nitrogens with two attached hydrogens (primary N) is 2. The Bertz CT molecular complexity index is 1060. The normalized spacial score (nSPS) is 10.9. The lowest BCUT2D eigenvalue weighted by Crippen LogP contribution is -2.02. The molecule has 4 aromatic rings. The second-order valence-electron chi connectivity index (χ2n) is 5.71. The maximum Gasteiger partial charge on any atom is 0.222 e. The number of anilines is 2. The lowest BCUT2D eigenvalue weighted by atomic mass is 9.95. The number of rotatable bonds is 2. The molecule has 0 atom stereocenters. The molecule has 4 nitrogen and oxygen atoms in total. The van der Waals surface area contributed by atoms with Crippen LogP contribution in [0.2, 0.25) is 5.02 Å². The maximum absolute atomic E-state index is 6.69. The smallest absolute Gasteiger partial charge is 0.222 e. The number of hydrogen-bond donors (Lipinski definition) is 2. The number of aromatic nitrogens is 2. The molecule has 122 valence electrons. The zero-order valence-electron chi connectivity index (χ0n) is 13.3. The van der Waals surface area contributed by atoms with E-state index in [0.29, 0.717) is 15.9 Å². The first-order valence-electron chi connectivity index (χ1n) is 7.81. The Morgan fingerprint density at radius 1 is 0.720 bits per heavy atom. The van der Waals surface area contributed by atoms with Gasteiger partial charge < -0.3 is 11.5 Å². The van der Waals surface area contributed by atoms with Gasteiger partial charge in [-0.25, -0.2) is 4.98 Å². The topological polar surface area (TPSA) is 77.8 Å². The van der Waals surface area contributed by atoms with Crippen LogP contribution in [0.15, 0.2) is 66.7 Å². The number of hydrogen-bond acceptors (Lipinski definition) is 4. The summed E-state index contributed by atoms with van der Waals surface area (Å²) < 4.78 is 0. The van der Waals surface area contributed by atoms with Crippen LogP contribution in [0.4, 0.5) is 11.8 Å². The van der Waals surface area contributed by atoms with Gasteiger partial charge in [-0.3, -0.25) is 0 Å². The summed E-state index contributed by atoms with van der Waals surface area (Å²) in [5.74, 6) is 0.410. The van der Waals surface area contributed by atoms with E-state index in [2.05, 4.69) is 9.97 Å². The predicted octanol–water partition coefficient (Wildman–Crippen LogP) is 4.78. The summed E-state index contributed by atoms with van der Waals surface area (Å²) in [7, 11) is 0. The van der Waals surface area contributed by atoms with Crippen molar-refractivity contribution in [1.82, 2.24) is 9.97 Å². The molecule has 4 rings (SSSR count). The average molecular weight is 347 g/mol. The van der Waals surface area contributed by atoms with Gasteiger partial charge in [-0.1, -0.05) is 72.3 Å². The fraction of sp³-hybridized carbons (Fsp3) is 0. The zero-order chi connectivity index (χ0) is 17.4. The summed E-state index contributed by atoms with van der Waals surface area (Å²) in [6, 6.07) is 21.9. The van der Waals surface area contributed by atoms with Crippen LogP contribution in [0.5, 0.6) is 0 Å². The van der Waals surface area contributed by atoms with E-state index in [-0.39, 0.29) is 11.8 Å². The van der Waals surface area contributed by atoms with Crippen molar-refractivity contribution in [3.8, 4) is 22.3 Å². The van der Waals surface area contributed by atoms with E-state index in [0.717, 1.165) is 22.3 Å². The number of halogens is 1. The second kappa shape index (κ2) is 6.07. The molecule has 4 N–H and O–H groups in total. The number of nitrogen functional groups attached to an aromatic ring is 2. The number of fused-ring (bicyclic) bond motifs is 1. The third kappa shape index (κ3) is 2.66. The van der Waals surface area contributed by atoms with Gasteiger partial charge in [-0.15, -0.1) is 0 Å². The minimum atomic E-state index is 0.130. The third-order valence-electron chi connectivity index (χ3n) is 4.12. The molecule has 0 unspecified atom stereocenters. The summed E-state index contributed by atoms with van der Waals surface area (Å²) in [4.78, 5) is 8.50. The van der Waals surface area contributed by atoms with Crippen molar-refractivity contribution in [2.24, 2.45) is 0 Å². The van der Waals surface area contributed by atoms with E-state index >= 15 is 0 Å². The van der Waals surface area contributed by atoms with Gasteiger partial charge in [0.2, 0.25) is 5.95 Å². The molecule has 0 aliphatic rings. The van der Waals surface area contributed by atoms with Crippen molar-refractivity contribution in [1.29, 1.82) is 0 Å². The minimum absolute atomic E-state index is 0.130. The molecular weight excluding hydrogens is 332 g/mol. The highest BCUT2D eigenvalue weighted by Gasteiger charge is 2.18. The highest BCUT2D eigenvalue weighted by atomic mass is 35.5. The lowest BCUT2D eigenvalue weighted by molar-refractivity contribution is 1.25. The first-order valence-corrected chi connectivity index (χ1v) is 8.19. The Labute approximate surface area is 150 Å². The summed E-state index contributed by atoms with van der Waals surface area (Å²) in [6.45, 7) is 0. The van der Waals surface area contributed by atoms with Crippen LogP contribution < -0.4 is 11.5 Å². The largest absolute Gasteiger partial charge is 0.383 e. The Morgan fingerprint density at radius 2 is 1.28 bits per heavy atom. The van der Waals surface area contributed by atoms with Gasteiger partial charge in [0, 0.05) is 11.1 Å². The van der Waals surface area contributed by atoms with Crippen molar-refractivity contribution in [3.05, 3.63) is 71.8 Å². The summed E-state index contributed by atoms with van der Waals surface area (Å²) in [5.41, 5.74) is 16.4. The van der Waals surface area contributed by atoms with Crippen LogP contribution in [0, 0.1) is 0 Å². The van der Waals surface area contributed by atoms with E-state index in [9.17, 15) is 0 Å². The van der Waals surface area contributed by atoms with Crippen molar-refractivity contribution in [2.75, 3.05) is 11.5 Å². The fourth-order valence-corrected chi connectivity index (χ4v) is 3.33. The average Bonchev–Trinajstić information content (AvgIpc) is 2.63. The molecule has 0 bridgehead atoms. The molecule has 0 radical (unpaired) electrons. The van der Waals surface area contributed by atoms with E-state index < -0.39 is 0 Å². The Kier molecular flexibility index (Phi) is 3.75.